The molecule has 3 nitrogen and oxygen atoms in total. The third kappa shape index (κ3) is 3.03. The van der Waals surface area contributed by atoms with Gasteiger partial charge in [0.2, 0.25) is 0 Å². The average molecular weight is 246 g/mol. The molecule has 1 aliphatic rings. The van der Waals surface area contributed by atoms with Gasteiger partial charge in [0.25, 0.3) is 0 Å². The van der Waals surface area contributed by atoms with Crippen LogP contribution in [0.4, 0.5) is 0 Å². The lowest BCUT2D eigenvalue weighted by Crippen LogP contribution is -2.28. The Labute approximate surface area is 109 Å². The number of nitrogens with two attached hydrogens (primary N) is 1. The van der Waals surface area contributed by atoms with Crippen molar-refractivity contribution < 1.29 is 4.74 Å². The Bertz CT molecular complexity index is 430. The minimum atomic E-state index is 0.0890. The number of ether oxygens (including phenoxy) is 1. The zero-order valence-electron chi connectivity index (χ0n) is 11.1. The van der Waals surface area contributed by atoms with Crippen molar-refractivity contribution in [2.75, 3.05) is 0 Å². The molecule has 0 aliphatic heterocycles. The van der Waals surface area contributed by atoms with Crippen LogP contribution in [0.3, 0.4) is 0 Å². The number of nitrogen functional groups attached to an aromatic ring is 1. The molecule has 3 atom stereocenters. The van der Waals surface area contributed by atoms with E-state index in [1.807, 2.05) is 24.3 Å². The lowest BCUT2D eigenvalue weighted by atomic mass is 9.80. The molecule has 2 rings (SSSR count). The second-order valence-corrected chi connectivity index (χ2v) is 5.45. The maximum absolute atomic E-state index is 7.43. The lowest BCUT2D eigenvalue weighted by Gasteiger charge is -2.32. The Morgan fingerprint density at radius 1 is 1.28 bits per heavy atom. The molecule has 1 saturated carbocycles. The van der Waals surface area contributed by atoms with E-state index in [9.17, 15) is 0 Å². The van der Waals surface area contributed by atoms with Gasteiger partial charge in [0.15, 0.2) is 0 Å². The standard InChI is InChI=1S/C15H22N2O/c1-10-6-7-14(8-11(10)2)18-13-5-3-4-12(9-13)15(16)17/h3-5,9-11,14H,6-8H2,1-2H3,(H3,16,17). The predicted molar refractivity (Wildman–Crippen MR) is 74.1 cm³/mol. The summed E-state index contributed by atoms with van der Waals surface area (Å²) in [4.78, 5) is 0. The topological polar surface area (TPSA) is 59.1 Å². The van der Waals surface area contributed by atoms with Crippen molar-refractivity contribution in [2.45, 2.75) is 39.2 Å². The van der Waals surface area contributed by atoms with Gasteiger partial charge in [0, 0.05) is 5.56 Å². The zero-order chi connectivity index (χ0) is 13.1. The molecule has 3 N–H and O–H groups in total. The van der Waals surface area contributed by atoms with E-state index in [1.54, 1.807) is 0 Å². The molecule has 3 unspecified atom stereocenters. The van der Waals surface area contributed by atoms with E-state index in [-0.39, 0.29) is 5.84 Å². The van der Waals surface area contributed by atoms with Crippen LogP contribution in [0.25, 0.3) is 0 Å². The number of rotatable bonds is 3. The Morgan fingerprint density at radius 2 is 2.06 bits per heavy atom. The third-order valence-corrected chi connectivity index (χ3v) is 4.00. The molecule has 0 saturated heterocycles. The quantitative estimate of drug-likeness (QED) is 0.635. The maximum Gasteiger partial charge on any atom is 0.122 e. The first-order valence-corrected chi connectivity index (χ1v) is 6.67. The zero-order valence-corrected chi connectivity index (χ0v) is 11.1. The van der Waals surface area contributed by atoms with Crippen molar-refractivity contribution in [3.05, 3.63) is 29.8 Å². The molecule has 0 bridgehead atoms. The van der Waals surface area contributed by atoms with Crippen molar-refractivity contribution in [1.82, 2.24) is 0 Å². The van der Waals surface area contributed by atoms with Gasteiger partial charge in [-0.2, -0.15) is 0 Å². The van der Waals surface area contributed by atoms with Gasteiger partial charge < -0.3 is 10.5 Å². The summed E-state index contributed by atoms with van der Waals surface area (Å²) in [5.41, 5.74) is 6.21. The highest BCUT2D eigenvalue weighted by atomic mass is 16.5. The molecule has 0 spiro atoms. The third-order valence-electron chi connectivity index (χ3n) is 4.00. The fourth-order valence-corrected chi connectivity index (χ4v) is 2.53. The van der Waals surface area contributed by atoms with Gasteiger partial charge in [-0.05, 0) is 43.2 Å². The van der Waals surface area contributed by atoms with E-state index in [1.165, 1.54) is 6.42 Å². The highest BCUT2D eigenvalue weighted by molar-refractivity contribution is 5.95. The van der Waals surface area contributed by atoms with Crippen LogP contribution in [0, 0.1) is 17.2 Å². The van der Waals surface area contributed by atoms with Crippen LogP contribution in [-0.4, -0.2) is 11.9 Å². The van der Waals surface area contributed by atoms with Crippen LogP contribution in [0.2, 0.25) is 0 Å². The van der Waals surface area contributed by atoms with E-state index in [0.717, 1.165) is 36.0 Å². The summed E-state index contributed by atoms with van der Waals surface area (Å²) in [6.07, 6.45) is 3.78. The molecule has 3 heteroatoms. The van der Waals surface area contributed by atoms with Crippen molar-refractivity contribution >= 4 is 5.84 Å². The normalized spacial score (nSPS) is 27.8. The van der Waals surface area contributed by atoms with Gasteiger partial charge in [-0.15, -0.1) is 0 Å². The summed E-state index contributed by atoms with van der Waals surface area (Å²) in [5, 5.41) is 7.43. The van der Waals surface area contributed by atoms with Gasteiger partial charge in [0.05, 0.1) is 6.10 Å². The minimum Gasteiger partial charge on any atom is -0.490 e. The summed E-state index contributed by atoms with van der Waals surface area (Å²) < 4.78 is 6.01. The summed E-state index contributed by atoms with van der Waals surface area (Å²) in [7, 11) is 0. The van der Waals surface area contributed by atoms with Crippen LogP contribution in [0.1, 0.15) is 38.7 Å². The molecule has 1 fully saturated rings. The molecular weight excluding hydrogens is 224 g/mol. The SMILES string of the molecule is CC1CCC(Oc2cccc(C(=N)N)c2)CC1C. The van der Waals surface area contributed by atoms with Gasteiger partial charge in [-0.25, -0.2) is 0 Å². The highest BCUT2D eigenvalue weighted by Gasteiger charge is 2.25. The molecule has 0 aromatic heterocycles. The van der Waals surface area contributed by atoms with E-state index >= 15 is 0 Å². The lowest BCUT2D eigenvalue weighted by molar-refractivity contribution is 0.101. The van der Waals surface area contributed by atoms with Crippen molar-refractivity contribution in [2.24, 2.45) is 17.6 Å². The number of hydrogen-bond donors (Lipinski definition) is 2. The van der Waals surface area contributed by atoms with Crippen LogP contribution in [-0.2, 0) is 0 Å². The summed E-state index contributed by atoms with van der Waals surface area (Å²) in [6.45, 7) is 4.61. The van der Waals surface area contributed by atoms with Gasteiger partial charge in [-0.3, -0.25) is 5.41 Å². The van der Waals surface area contributed by atoms with E-state index < -0.39 is 0 Å². The summed E-state index contributed by atoms with van der Waals surface area (Å²) in [5.74, 6) is 2.44. The minimum absolute atomic E-state index is 0.0890. The van der Waals surface area contributed by atoms with E-state index in [4.69, 9.17) is 15.9 Å². The molecule has 0 amide bonds. The Hall–Kier alpha value is -1.51. The van der Waals surface area contributed by atoms with Crippen LogP contribution >= 0.6 is 0 Å². The van der Waals surface area contributed by atoms with Gasteiger partial charge in [-0.1, -0.05) is 26.0 Å². The number of hydrogen-bond acceptors (Lipinski definition) is 2. The van der Waals surface area contributed by atoms with E-state index in [0.29, 0.717) is 6.10 Å². The molecule has 1 aromatic rings. The van der Waals surface area contributed by atoms with Crippen molar-refractivity contribution in [3.8, 4) is 5.75 Å². The van der Waals surface area contributed by atoms with Gasteiger partial charge >= 0.3 is 0 Å². The average Bonchev–Trinajstić information content (AvgIpc) is 2.34. The molecular formula is C15H22N2O. The number of nitrogens with one attached hydrogen (secondary N) is 1. The van der Waals surface area contributed by atoms with E-state index in [2.05, 4.69) is 13.8 Å². The molecule has 98 valence electrons. The maximum atomic E-state index is 7.43. The summed E-state index contributed by atoms with van der Waals surface area (Å²) in [6, 6.07) is 7.52. The first-order valence-electron chi connectivity index (χ1n) is 6.67. The Morgan fingerprint density at radius 3 is 2.72 bits per heavy atom. The molecule has 0 radical (unpaired) electrons. The van der Waals surface area contributed by atoms with Crippen LogP contribution in [0.5, 0.6) is 5.75 Å². The Kier molecular flexibility index (Phi) is 3.90. The Balaban J connectivity index is 2.01. The number of amidine groups is 1. The second kappa shape index (κ2) is 5.42. The smallest absolute Gasteiger partial charge is 0.122 e. The predicted octanol–water partition coefficient (Wildman–Crippen LogP) is 3.17. The first kappa shape index (κ1) is 12.9. The van der Waals surface area contributed by atoms with Gasteiger partial charge in [0.1, 0.15) is 11.6 Å². The van der Waals surface area contributed by atoms with Crippen LogP contribution < -0.4 is 10.5 Å². The second-order valence-electron chi connectivity index (χ2n) is 5.45. The molecule has 18 heavy (non-hydrogen) atoms. The molecule has 1 aromatic carbocycles. The van der Waals surface area contributed by atoms with Crippen LogP contribution in [0.15, 0.2) is 24.3 Å². The largest absolute Gasteiger partial charge is 0.490 e. The molecule has 0 heterocycles. The monoisotopic (exact) mass is 246 g/mol. The summed E-state index contributed by atoms with van der Waals surface area (Å²) >= 11 is 0. The highest BCUT2D eigenvalue weighted by Crippen LogP contribution is 2.31. The van der Waals surface area contributed by atoms with Crippen molar-refractivity contribution in [1.29, 1.82) is 5.41 Å². The fraction of sp³-hybridized carbons (Fsp3) is 0.533. The fourth-order valence-electron chi connectivity index (χ4n) is 2.53. The molecule has 1 aliphatic carbocycles. The van der Waals surface area contributed by atoms with Crippen molar-refractivity contribution in [3.63, 3.8) is 0 Å². The number of benzene rings is 1. The first-order chi connectivity index (χ1) is 8.56.